The summed E-state index contributed by atoms with van der Waals surface area (Å²) in [7, 11) is 0. The highest BCUT2D eigenvalue weighted by atomic mass is 16.4. The number of aliphatic carboxylic acids is 1. The van der Waals surface area contributed by atoms with E-state index in [9.17, 15) is 9.59 Å². The van der Waals surface area contributed by atoms with Crippen LogP contribution in [0.4, 0.5) is 0 Å². The summed E-state index contributed by atoms with van der Waals surface area (Å²) >= 11 is 0. The molecule has 0 aliphatic rings. The number of carbonyl (C=O) groups is 2. The van der Waals surface area contributed by atoms with E-state index in [0.29, 0.717) is 19.1 Å². The fourth-order valence-corrected chi connectivity index (χ4v) is 1.10. The lowest BCUT2D eigenvalue weighted by Gasteiger charge is -2.22. The molecule has 0 saturated heterocycles. The van der Waals surface area contributed by atoms with Gasteiger partial charge in [0.05, 0.1) is 0 Å². The molecule has 4 heteroatoms. The SMILES string of the molecule is CCCC(N)(CCC=O)C(=O)O. The lowest BCUT2D eigenvalue weighted by Crippen LogP contribution is -2.47. The Labute approximate surface area is 71.8 Å². The van der Waals surface area contributed by atoms with Crippen molar-refractivity contribution in [3.63, 3.8) is 0 Å². The predicted octanol–water partition coefficient (Wildman–Crippen LogP) is 0.548. The lowest BCUT2D eigenvalue weighted by atomic mass is 9.90. The minimum Gasteiger partial charge on any atom is -0.480 e. The Morgan fingerprint density at radius 2 is 2.17 bits per heavy atom. The van der Waals surface area contributed by atoms with Crippen LogP contribution in [0.15, 0.2) is 0 Å². The molecule has 0 heterocycles. The van der Waals surface area contributed by atoms with Crippen molar-refractivity contribution in [2.75, 3.05) is 0 Å². The van der Waals surface area contributed by atoms with Crippen LogP contribution < -0.4 is 5.73 Å². The molecule has 12 heavy (non-hydrogen) atoms. The normalized spacial score (nSPS) is 15.2. The van der Waals surface area contributed by atoms with Crippen molar-refractivity contribution >= 4 is 12.3 Å². The molecule has 4 nitrogen and oxygen atoms in total. The highest BCUT2D eigenvalue weighted by molar-refractivity contribution is 5.78. The molecule has 3 N–H and O–H groups in total. The van der Waals surface area contributed by atoms with Crippen LogP contribution in [0, 0.1) is 0 Å². The summed E-state index contributed by atoms with van der Waals surface area (Å²) in [6.45, 7) is 1.87. The fraction of sp³-hybridized carbons (Fsp3) is 0.750. The quantitative estimate of drug-likeness (QED) is 0.575. The Morgan fingerprint density at radius 1 is 1.58 bits per heavy atom. The molecule has 0 aromatic carbocycles. The molecule has 0 aliphatic carbocycles. The highest BCUT2D eigenvalue weighted by Crippen LogP contribution is 2.15. The Morgan fingerprint density at radius 3 is 2.50 bits per heavy atom. The molecule has 0 aromatic heterocycles. The average molecular weight is 173 g/mol. The van der Waals surface area contributed by atoms with Gasteiger partial charge in [0.1, 0.15) is 11.8 Å². The topological polar surface area (TPSA) is 80.4 Å². The van der Waals surface area contributed by atoms with Crippen LogP contribution in [0.25, 0.3) is 0 Å². The van der Waals surface area contributed by atoms with Gasteiger partial charge in [0, 0.05) is 6.42 Å². The van der Waals surface area contributed by atoms with E-state index in [1.54, 1.807) is 0 Å². The number of carboxylic acids is 1. The van der Waals surface area contributed by atoms with Crippen LogP contribution in [0.5, 0.6) is 0 Å². The molecule has 1 unspecified atom stereocenters. The minimum atomic E-state index is -1.21. The van der Waals surface area contributed by atoms with Crippen LogP contribution in [-0.2, 0) is 9.59 Å². The number of carboxylic acid groups (broad SMARTS) is 1. The molecule has 0 radical (unpaired) electrons. The first-order valence-corrected chi connectivity index (χ1v) is 4.02. The molecule has 0 amide bonds. The van der Waals surface area contributed by atoms with Gasteiger partial charge in [0.25, 0.3) is 0 Å². The number of rotatable bonds is 6. The van der Waals surface area contributed by atoms with E-state index in [4.69, 9.17) is 10.8 Å². The van der Waals surface area contributed by atoms with Crippen molar-refractivity contribution in [1.82, 2.24) is 0 Å². The zero-order valence-electron chi connectivity index (χ0n) is 7.25. The van der Waals surface area contributed by atoms with Gasteiger partial charge in [-0.2, -0.15) is 0 Å². The van der Waals surface area contributed by atoms with Crippen molar-refractivity contribution < 1.29 is 14.7 Å². The van der Waals surface area contributed by atoms with E-state index in [1.165, 1.54) is 0 Å². The summed E-state index contributed by atoms with van der Waals surface area (Å²) in [4.78, 5) is 20.7. The lowest BCUT2D eigenvalue weighted by molar-refractivity contribution is -0.144. The number of aldehydes is 1. The Bertz CT molecular complexity index is 170. The molecule has 0 saturated carbocycles. The number of nitrogens with two attached hydrogens (primary N) is 1. The third-order valence-electron chi connectivity index (χ3n) is 1.83. The predicted molar refractivity (Wildman–Crippen MR) is 44.8 cm³/mol. The van der Waals surface area contributed by atoms with Gasteiger partial charge in [0.15, 0.2) is 0 Å². The van der Waals surface area contributed by atoms with Crippen molar-refractivity contribution in [3.8, 4) is 0 Å². The Kier molecular flexibility index (Phi) is 4.51. The number of hydrogen-bond donors (Lipinski definition) is 2. The first-order valence-electron chi connectivity index (χ1n) is 4.02. The van der Waals surface area contributed by atoms with Gasteiger partial charge >= 0.3 is 5.97 Å². The van der Waals surface area contributed by atoms with Crippen LogP contribution >= 0.6 is 0 Å². The van der Waals surface area contributed by atoms with Crippen LogP contribution in [0.2, 0.25) is 0 Å². The molecule has 70 valence electrons. The second-order valence-electron chi connectivity index (χ2n) is 2.92. The maximum absolute atomic E-state index is 10.7. The molecule has 0 rings (SSSR count). The first kappa shape index (κ1) is 11.1. The Hall–Kier alpha value is -0.900. The maximum Gasteiger partial charge on any atom is 0.323 e. The van der Waals surface area contributed by atoms with Crippen molar-refractivity contribution in [2.24, 2.45) is 5.73 Å². The second-order valence-corrected chi connectivity index (χ2v) is 2.92. The van der Waals surface area contributed by atoms with Crippen molar-refractivity contribution in [2.45, 2.75) is 38.1 Å². The fourth-order valence-electron chi connectivity index (χ4n) is 1.10. The zero-order valence-corrected chi connectivity index (χ0v) is 7.25. The third kappa shape index (κ3) is 3.00. The van der Waals surface area contributed by atoms with Crippen LogP contribution in [-0.4, -0.2) is 22.9 Å². The van der Waals surface area contributed by atoms with E-state index in [-0.39, 0.29) is 12.8 Å². The van der Waals surface area contributed by atoms with E-state index < -0.39 is 11.5 Å². The largest absolute Gasteiger partial charge is 0.480 e. The van der Waals surface area contributed by atoms with Gasteiger partial charge in [-0.25, -0.2) is 0 Å². The minimum absolute atomic E-state index is 0.211. The van der Waals surface area contributed by atoms with Crippen LogP contribution in [0.1, 0.15) is 32.6 Å². The summed E-state index contributed by atoms with van der Waals surface area (Å²) in [6.07, 6.45) is 2.25. The smallest absolute Gasteiger partial charge is 0.323 e. The Balaban J connectivity index is 4.17. The van der Waals surface area contributed by atoms with E-state index in [2.05, 4.69) is 0 Å². The van der Waals surface area contributed by atoms with E-state index >= 15 is 0 Å². The molecule has 0 bridgehead atoms. The van der Waals surface area contributed by atoms with Gasteiger partial charge in [-0.05, 0) is 12.8 Å². The first-order chi connectivity index (χ1) is 5.56. The third-order valence-corrected chi connectivity index (χ3v) is 1.83. The van der Waals surface area contributed by atoms with Gasteiger partial charge in [-0.1, -0.05) is 13.3 Å². The maximum atomic E-state index is 10.7. The van der Waals surface area contributed by atoms with Gasteiger partial charge < -0.3 is 15.6 Å². The standard InChI is InChI=1S/C8H15NO3/c1-2-4-8(9,7(11)12)5-3-6-10/h6H,2-5,9H2,1H3,(H,11,12). The summed E-state index contributed by atoms with van der Waals surface area (Å²) in [5.41, 5.74) is 4.37. The molecular formula is C8H15NO3. The summed E-state index contributed by atoms with van der Waals surface area (Å²) in [5.74, 6) is -1.02. The zero-order chi connectivity index (χ0) is 9.61. The summed E-state index contributed by atoms with van der Waals surface area (Å²) in [5, 5.41) is 8.75. The average Bonchev–Trinajstić information content (AvgIpc) is 2.01. The molecule has 0 aliphatic heterocycles. The van der Waals surface area contributed by atoms with Crippen molar-refractivity contribution in [3.05, 3.63) is 0 Å². The molecular weight excluding hydrogens is 158 g/mol. The number of hydrogen-bond acceptors (Lipinski definition) is 3. The summed E-state index contributed by atoms with van der Waals surface area (Å²) < 4.78 is 0. The van der Waals surface area contributed by atoms with E-state index in [0.717, 1.165) is 0 Å². The monoisotopic (exact) mass is 173 g/mol. The molecule has 1 atom stereocenters. The van der Waals surface area contributed by atoms with Crippen LogP contribution in [0.3, 0.4) is 0 Å². The summed E-state index contributed by atoms with van der Waals surface area (Å²) in [6, 6.07) is 0. The second kappa shape index (κ2) is 4.87. The number of carbonyl (C=O) groups excluding carboxylic acids is 1. The molecule has 0 aromatic rings. The van der Waals surface area contributed by atoms with E-state index in [1.807, 2.05) is 6.92 Å². The van der Waals surface area contributed by atoms with Gasteiger partial charge in [-0.3, -0.25) is 4.79 Å². The molecule has 0 spiro atoms. The highest BCUT2D eigenvalue weighted by Gasteiger charge is 2.31. The molecule has 0 fully saturated rings. The van der Waals surface area contributed by atoms with Crippen molar-refractivity contribution in [1.29, 1.82) is 0 Å². The van der Waals surface area contributed by atoms with Gasteiger partial charge in [0.2, 0.25) is 0 Å². The van der Waals surface area contributed by atoms with Gasteiger partial charge in [-0.15, -0.1) is 0 Å².